The number of piperidine rings is 1. The van der Waals surface area contributed by atoms with Crippen molar-refractivity contribution in [3.8, 4) is 0 Å². The van der Waals surface area contributed by atoms with Crippen LogP contribution >= 0.6 is 0 Å². The molecule has 144 valence electrons. The molecule has 1 N–H and O–H groups in total. The Kier molecular flexibility index (Phi) is 6.36. The Bertz CT molecular complexity index is 641. The van der Waals surface area contributed by atoms with Crippen LogP contribution in [-0.4, -0.2) is 41.8 Å². The van der Waals surface area contributed by atoms with Gasteiger partial charge in [0.25, 0.3) is 0 Å². The van der Waals surface area contributed by atoms with Gasteiger partial charge < -0.3 is 9.84 Å². The van der Waals surface area contributed by atoms with Crippen LogP contribution in [0.5, 0.6) is 0 Å². The first kappa shape index (κ1) is 19.4. The molecular formula is C22H33NO3. The third kappa shape index (κ3) is 4.12. The highest BCUT2D eigenvalue weighted by Crippen LogP contribution is 2.38. The number of carboxylic acid groups (broad SMARTS) is 1. The summed E-state index contributed by atoms with van der Waals surface area (Å²) in [5.41, 5.74) is 4.27. The average molecular weight is 360 g/mol. The molecule has 1 aromatic carbocycles. The highest BCUT2D eigenvalue weighted by atomic mass is 16.5. The van der Waals surface area contributed by atoms with Crippen LogP contribution < -0.4 is 0 Å². The summed E-state index contributed by atoms with van der Waals surface area (Å²) in [6.07, 6.45) is 6.58. The molecule has 1 aliphatic carbocycles. The van der Waals surface area contributed by atoms with Gasteiger partial charge in [0, 0.05) is 25.7 Å². The molecule has 0 spiro atoms. The van der Waals surface area contributed by atoms with Gasteiger partial charge in [-0.05, 0) is 74.1 Å². The van der Waals surface area contributed by atoms with E-state index in [0.717, 1.165) is 63.8 Å². The number of fused-ring (bicyclic) bond motifs is 1. The Morgan fingerprint density at radius 3 is 2.65 bits per heavy atom. The molecule has 0 saturated carbocycles. The van der Waals surface area contributed by atoms with Crippen LogP contribution in [0.25, 0.3) is 0 Å². The van der Waals surface area contributed by atoms with Gasteiger partial charge in [-0.3, -0.25) is 4.90 Å². The van der Waals surface area contributed by atoms with Crippen molar-refractivity contribution in [1.29, 1.82) is 0 Å². The molecule has 0 amide bonds. The maximum Gasteiger partial charge on any atom is 0.335 e. The standard InChI is InChI=1S/C22H33NO3/c1-4-26-16-11-12-23(14-15(2)3)21(13-16)19-9-10-20(22(24)25)18-8-6-5-7-17(18)19/h9-10,15-16,21H,4-8,11-14H2,1-3H3,(H,24,25)/t16-,21-/m0/s1. The molecule has 2 aliphatic rings. The summed E-state index contributed by atoms with van der Waals surface area (Å²) < 4.78 is 5.97. The van der Waals surface area contributed by atoms with Crippen LogP contribution in [0.4, 0.5) is 0 Å². The van der Waals surface area contributed by atoms with Gasteiger partial charge in [-0.25, -0.2) is 4.79 Å². The van der Waals surface area contributed by atoms with Crippen LogP contribution in [0.3, 0.4) is 0 Å². The monoisotopic (exact) mass is 359 g/mol. The summed E-state index contributed by atoms with van der Waals surface area (Å²) in [4.78, 5) is 14.3. The van der Waals surface area contributed by atoms with E-state index in [-0.39, 0.29) is 0 Å². The zero-order chi connectivity index (χ0) is 18.7. The zero-order valence-electron chi connectivity index (χ0n) is 16.5. The van der Waals surface area contributed by atoms with Gasteiger partial charge in [0.1, 0.15) is 0 Å². The number of likely N-dealkylation sites (tertiary alicyclic amines) is 1. The van der Waals surface area contributed by atoms with Gasteiger partial charge >= 0.3 is 5.97 Å². The van der Waals surface area contributed by atoms with Crippen molar-refractivity contribution in [2.24, 2.45) is 5.92 Å². The van der Waals surface area contributed by atoms with E-state index in [9.17, 15) is 9.90 Å². The van der Waals surface area contributed by atoms with E-state index in [1.165, 1.54) is 11.1 Å². The zero-order valence-corrected chi connectivity index (χ0v) is 16.5. The molecule has 3 rings (SSSR count). The maximum atomic E-state index is 11.7. The van der Waals surface area contributed by atoms with Crippen molar-refractivity contribution in [1.82, 2.24) is 4.90 Å². The number of ether oxygens (including phenoxy) is 1. The summed E-state index contributed by atoms with van der Waals surface area (Å²) in [7, 11) is 0. The van der Waals surface area contributed by atoms with Gasteiger partial charge in [0.2, 0.25) is 0 Å². The van der Waals surface area contributed by atoms with E-state index in [4.69, 9.17) is 4.74 Å². The molecule has 26 heavy (non-hydrogen) atoms. The van der Waals surface area contributed by atoms with Gasteiger partial charge in [0.15, 0.2) is 0 Å². The molecule has 0 aromatic heterocycles. The van der Waals surface area contributed by atoms with E-state index in [0.29, 0.717) is 23.6 Å². The maximum absolute atomic E-state index is 11.7. The summed E-state index contributed by atoms with van der Waals surface area (Å²) in [6, 6.07) is 4.29. The van der Waals surface area contributed by atoms with Gasteiger partial charge in [-0.2, -0.15) is 0 Å². The third-order valence-electron chi connectivity index (χ3n) is 5.83. The smallest absolute Gasteiger partial charge is 0.335 e. The van der Waals surface area contributed by atoms with E-state index in [2.05, 4.69) is 31.7 Å². The fourth-order valence-electron chi connectivity index (χ4n) is 4.79. The Labute approximate surface area is 157 Å². The molecule has 0 bridgehead atoms. The lowest BCUT2D eigenvalue weighted by atomic mass is 9.80. The number of nitrogens with zero attached hydrogens (tertiary/aromatic N) is 1. The van der Waals surface area contributed by atoms with Crippen LogP contribution in [-0.2, 0) is 17.6 Å². The Morgan fingerprint density at radius 1 is 1.27 bits per heavy atom. The topological polar surface area (TPSA) is 49.8 Å². The molecule has 1 saturated heterocycles. The summed E-state index contributed by atoms with van der Waals surface area (Å²) in [6.45, 7) is 9.52. The SMILES string of the molecule is CCO[C@H]1CCN(CC(C)C)[C@H](c2ccc(C(=O)O)c3c2CCCC3)C1. The molecule has 4 nitrogen and oxygen atoms in total. The molecule has 2 atom stereocenters. The predicted octanol–water partition coefficient (Wildman–Crippen LogP) is 4.46. The molecule has 1 heterocycles. The Hall–Kier alpha value is -1.39. The predicted molar refractivity (Wildman–Crippen MR) is 104 cm³/mol. The van der Waals surface area contributed by atoms with Gasteiger partial charge in [0.05, 0.1) is 11.7 Å². The highest BCUT2D eigenvalue weighted by Gasteiger charge is 2.33. The van der Waals surface area contributed by atoms with Crippen molar-refractivity contribution < 1.29 is 14.6 Å². The minimum Gasteiger partial charge on any atom is -0.478 e. The van der Waals surface area contributed by atoms with Crippen molar-refractivity contribution >= 4 is 5.97 Å². The molecular weight excluding hydrogens is 326 g/mol. The van der Waals surface area contributed by atoms with Crippen molar-refractivity contribution in [2.45, 2.75) is 71.4 Å². The van der Waals surface area contributed by atoms with Crippen LogP contribution in [0, 0.1) is 5.92 Å². The highest BCUT2D eigenvalue weighted by molar-refractivity contribution is 5.90. The van der Waals surface area contributed by atoms with Crippen molar-refractivity contribution in [2.75, 3.05) is 19.7 Å². The summed E-state index contributed by atoms with van der Waals surface area (Å²) in [5, 5.41) is 9.59. The fraction of sp³-hybridized carbons (Fsp3) is 0.682. The lowest BCUT2D eigenvalue weighted by molar-refractivity contribution is -0.0144. The Balaban J connectivity index is 1.98. The first-order valence-electron chi connectivity index (χ1n) is 10.2. The molecule has 1 aromatic rings. The first-order chi connectivity index (χ1) is 12.5. The molecule has 1 fully saturated rings. The molecule has 0 radical (unpaired) electrons. The van der Waals surface area contributed by atoms with Crippen LogP contribution in [0.15, 0.2) is 12.1 Å². The number of hydrogen-bond acceptors (Lipinski definition) is 3. The third-order valence-corrected chi connectivity index (χ3v) is 5.83. The fourth-order valence-corrected chi connectivity index (χ4v) is 4.79. The normalized spacial score (nSPS) is 23.8. The number of aromatic carboxylic acids is 1. The number of benzene rings is 1. The van der Waals surface area contributed by atoms with E-state index in [1.807, 2.05) is 6.07 Å². The quantitative estimate of drug-likeness (QED) is 0.814. The van der Waals surface area contributed by atoms with Crippen molar-refractivity contribution in [3.05, 3.63) is 34.4 Å². The van der Waals surface area contributed by atoms with Gasteiger partial charge in [-0.1, -0.05) is 19.9 Å². The average Bonchev–Trinajstić information content (AvgIpc) is 2.62. The lowest BCUT2D eigenvalue weighted by Gasteiger charge is -2.42. The van der Waals surface area contributed by atoms with E-state index < -0.39 is 5.97 Å². The number of hydrogen-bond donors (Lipinski definition) is 1. The second kappa shape index (κ2) is 8.53. The summed E-state index contributed by atoms with van der Waals surface area (Å²) in [5.74, 6) is -0.167. The second-order valence-corrected chi connectivity index (χ2v) is 8.18. The van der Waals surface area contributed by atoms with E-state index in [1.54, 1.807) is 0 Å². The number of carbonyl (C=O) groups is 1. The van der Waals surface area contributed by atoms with E-state index >= 15 is 0 Å². The Morgan fingerprint density at radius 2 is 2.00 bits per heavy atom. The number of carboxylic acids is 1. The minimum absolute atomic E-state index is 0.312. The molecule has 0 unspecified atom stereocenters. The lowest BCUT2D eigenvalue weighted by Crippen LogP contribution is -2.42. The first-order valence-corrected chi connectivity index (χ1v) is 10.2. The molecule has 1 aliphatic heterocycles. The summed E-state index contributed by atoms with van der Waals surface area (Å²) >= 11 is 0. The second-order valence-electron chi connectivity index (χ2n) is 8.18. The number of rotatable bonds is 6. The van der Waals surface area contributed by atoms with Crippen LogP contribution in [0.2, 0.25) is 0 Å². The molecule has 4 heteroatoms. The largest absolute Gasteiger partial charge is 0.478 e. The minimum atomic E-state index is -0.787. The van der Waals surface area contributed by atoms with Crippen LogP contribution in [0.1, 0.15) is 79.5 Å². The van der Waals surface area contributed by atoms with Crippen molar-refractivity contribution in [3.63, 3.8) is 0 Å². The van der Waals surface area contributed by atoms with Gasteiger partial charge in [-0.15, -0.1) is 0 Å².